The van der Waals surface area contributed by atoms with Crippen molar-refractivity contribution in [2.24, 2.45) is 5.92 Å². The van der Waals surface area contributed by atoms with E-state index in [1.807, 2.05) is 6.92 Å². The third-order valence-corrected chi connectivity index (χ3v) is 4.76. The molecule has 110 valence electrons. The molecule has 2 amide bonds. The first-order valence-corrected chi connectivity index (χ1v) is 7.62. The second-order valence-corrected chi connectivity index (χ2v) is 6.09. The van der Waals surface area contributed by atoms with Crippen molar-refractivity contribution < 1.29 is 19.5 Å². The van der Waals surface area contributed by atoms with E-state index in [4.69, 9.17) is 0 Å². The van der Waals surface area contributed by atoms with Gasteiger partial charge in [0.25, 0.3) is 0 Å². The summed E-state index contributed by atoms with van der Waals surface area (Å²) in [6.45, 7) is 3.88. The van der Waals surface area contributed by atoms with Gasteiger partial charge >= 0.3 is 5.97 Å². The number of amides is 2. The highest BCUT2D eigenvalue weighted by atomic mass is 32.2. The summed E-state index contributed by atoms with van der Waals surface area (Å²) >= 11 is 1.41. The van der Waals surface area contributed by atoms with E-state index in [1.54, 1.807) is 0 Å². The van der Waals surface area contributed by atoms with Gasteiger partial charge in [-0.2, -0.15) is 0 Å². The van der Waals surface area contributed by atoms with E-state index in [1.165, 1.54) is 23.6 Å². The summed E-state index contributed by atoms with van der Waals surface area (Å²) in [6.07, 6.45) is 1.37. The Bertz CT molecular complexity index is 489. The minimum atomic E-state index is -1.04. The number of aliphatic carboxylic acids is 1. The molecule has 2 rings (SSSR count). The van der Waals surface area contributed by atoms with Gasteiger partial charge in [-0.05, 0) is 6.42 Å². The Kier molecular flexibility index (Phi) is 4.37. The molecular formula is C13H18N2O4S. The summed E-state index contributed by atoms with van der Waals surface area (Å²) in [7, 11) is 0. The van der Waals surface area contributed by atoms with Crippen LogP contribution >= 0.6 is 11.8 Å². The summed E-state index contributed by atoms with van der Waals surface area (Å²) in [5.41, 5.74) is 0.137. The molecule has 2 aliphatic rings. The Morgan fingerprint density at radius 2 is 2.20 bits per heavy atom. The van der Waals surface area contributed by atoms with Crippen LogP contribution in [0.25, 0.3) is 0 Å². The van der Waals surface area contributed by atoms with E-state index >= 15 is 0 Å². The number of hydrogen-bond donors (Lipinski definition) is 2. The van der Waals surface area contributed by atoms with E-state index in [2.05, 4.69) is 5.32 Å². The van der Waals surface area contributed by atoms with E-state index in [0.717, 1.165) is 11.3 Å². The predicted octanol–water partition coefficient (Wildman–Crippen LogP) is 0.793. The van der Waals surface area contributed by atoms with Crippen LogP contribution in [0.5, 0.6) is 0 Å². The second-order valence-electron chi connectivity index (χ2n) is 4.90. The molecule has 0 radical (unpaired) electrons. The molecule has 0 aromatic heterocycles. The van der Waals surface area contributed by atoms with Crippen LogP contribution in [-0.4, -0.2) is 46.1 Å². The average molecular weight is 298 g/mol. The van der Waals surface area contributed by atoms with E-state index < -0.39 is 5.97 Å². The van der Waals surface area contributed by atoms with Gasteiger partial charge in [0.2, 0.25) is 11.8 Å². The number of hydrogen-bond acceptors (Lipinski definition) is 4. The normalized spacial score (nSPS) is 24.5. The molecule has 1 saturated heterocycles. The average Bonchev–Trinajstić information content (AvgIpc) is 2.70. The van der Waals surface area contributed by atoms with E-state index in [0.29, 0.717) is 18.7 Å². The first-order valence-electron chi connectivity index (χ1n) is 6.64. The van der Waals surface area contributed by atoms with Crippen LogP contribution in [-0.2, 0) is 14.4 Å². The number of thioether (sulfide) groups is 1. The maximum atomic E-state index is 11.9. The van der Waals surface area contributed by atoms with Gasteiger partial charge in [0, 0.05) is 30.5 Å². The van der Waals surface area contributed by atoms with Gasteiger partial charge < -0.3 is 15.3 Å². The number of carbonyl (C=O) groups is 3. The Morgan fingerprint density at radius 1 is 1.50 bits per heavy atom. The van der Waals surface area contributed by atoms with Crippen LogP contribution in [0.2, 0.25) is 0 Å². The van der Waals surface area contributed by atoms with Gasteiger partial charge in [0.05, 0.1) is 12.0 Å². The van der Waals surface area contributed by atoms with Crippen LogP contribution in [0.15, 0.2) is 10.6 Å². The lowest BCUT2D eigenvalue weighted by molar-refractivity contribution is -0.155. The fourth-order valence-electron chi connectivity index (χ4n) is 2.73. The molecule has 6 nitrogen and oxygen atoms in total. The monoisotopic (exact) mass is 298 g/mol. The summed E-state index contributed by atoms with van der Waals surface area (Å²) in [4.78, 5) is 36.2. The van der Waals surface area contributed by atoms with Gasteiger partial charge in [-0.25, -0.2) is 4.79 Å². The zero-order valence-corrected chi connectivity index (χ0v) is 12.3. The van der Waals surface area contributed by atoms with Gasteiger partial charge in [0.1, 0.15) is 5.70 Å². The topological polar surface area (TPSA) is 86.7 Å². The third-order valence-electron chi connectivity index (χ3n) is 3.64. The van der Waals surface area contributed by atoms with Crippen LogP contribution in [0.3, 0.4) is 0 Å². The van der Waals surface area contributed by atoms with Crippen molar-refractivity contribution >= 4 is 29.5 Å². The number of carbonyl (C=O) groups excluding carboxylic acids is 2. The molecule has 20 heavy (non-hydrogen) atoms. The number of fused-ring (bicyclic) bond motifs is 1. The fraction of sp³-hybridized carbons (Fsp3) is 0.615. The second kappa shape index (κ2) is 5.87. The lowest BCUT2D eigenvalue weighted by atomic mass is 9.85. The largest absolute Gasteiger partial charge is 0.477 e. The number of nitrogens with one attached hydrogen (secondary N) is 1. The molecule has 0 aromatic carbocycles. The molecular weight excluding hydrogens is 280 g/mol. The molecule has 0 spiro atoms. The molecule has 1 fully saturated rings. The molecule has 7 heteroatoms. The standard InChI is InChI=1S/C13H18N2O4S/c1-3-8-9-6-10(20-5-4-14-7(2)16)11(13(18)19)15(9)12(8)17/h8-9H,3-6H2,1-2H3,(H,14,16)(H,18,19)/t8-,9-/m1/s1. The Labute approximate surface area is 121 Å². The molecule has 2 atom stereocenters. The molecule has 0 saturated carbocycles. The quantitative estimate of drug-likeness (QED) is 0.559. The number of nitrogens with zero attached hydrogens (tertiary/aromatic N) is 1. The predicted molar refractivity (Wildman–Crippen MR) is 74.8 cm³/mol. The molecule has 2 N–H and O–H groups in total. The van der Waals surface area contributed by atoms with Gasteiger partial charge in [-0.15, -0.1) is 11.8 Å². The van der Waals surface area contributed by atoms with Crippen LogP contribution < -0.4 is 5.32 Å². The van der Waals surface area contributed by atoms with Crippen LogP contribution in [0.1, 0.15) is 26.7 Å². The van der Waals surface area contributed by atoms with Crippen molar-refractivity contribution in [3.63, 3.8) is 0 Å². The van der Waals surface area contributed by atoms with Crippen molar-refractivity contribution in [2.75, 3.05) is 12.3 Å². The summed E-state index contributed by atoms with van der Waals surface area (Å²) in [6, 6.07) is 0.0156. The highest BCUT2D eigenvalue weighted by Crippen LogP contribution is 2.46. The first kappa shape index (κ1) is 14.9. The van der Waals surface area contributed by atoms with Crippen molar-refractivity contribution in [3.05, 3.63) is 10.6 Å². The molecule has 2 heterocycles. The SMILES string of the molecule is CC[C@H]1C(=O)N2C(C(=O)O)=C(SCCNC(C)=O)C[C@H]12. The van der Waals surface area contributed by atoms with E-state index in [-0.39, 0.29) is 29.5 Å². The summed E-state index contributed by atoms with van der Waals surface area (Å²) < 4.78 is 0. The lowest BCUT2D eigenvalue weighted by Crippen LogP contribution is -2.58. The van der Waals surface area contributed by atoms with Crippen molar-refractivity contribution in [3.8, 4) is 0 Å². The van der Waals surface area contributed by atoms with Crippen LogP contribution in [0, 0.1) is 5.92 Å². The zero-order chi connectivity index (χ0) is 14.9. The van der Waals surface area contributed by atoms with Crippen molar-refractivity contribution in [1.82, 2.24) is 10.2 Å². The van der Waals surface area contributed by atoms with E-state index in [9.17, 15) is 19.5 Å². The minimum Gasteiger partial charge on any atom is -0.477 e. The smallest absolute Gasteiger partial charge is 0.353 e. The Hall–Kier alpha value is -1.50. The number of carboxylic acid groups (broad SMARTS) is 1. The van der Waals surface area contributed by atoms with Crippen LogP contribution in [0.4, 0.5) is 0 Å². The molecule has 0 bridgehead atoms. The highest BCUT2D eigenvalue weighted by molar-refractivity contribution is 8.03. The number of rotatable bonds is 6. The van der Waals surface area contributed by atoms with Crippen molar-refractivity contribution in [1.29, 1.82) is 0 Å². The van der Waals surface area contributed by atoms with Crippen molar-refractivity contribution in [2.45, 2.75) is 32.7 Å². The molecule has 0 aromatic rings. The lowest BCUT2D eigenvalue weighted by Gasteiger charge is -2.42. The van der Waals surface area contributed by atoms with Gasteiger partial charge in [-0.3, -0.25) is 9.59 Å². The van der Waals surface area contributed by atoms with Gasteiger partial charge in [0.15, 0.2) is 0 Å². The number of β-lactam (4-membered cyclic amide) rings is 1. The zero-order valence-electron chi connectivity index (χ0n) is 11.5. The molecule has 2 aliphatic heterocycles. The maximum Gasteiger partial charge on any atom is 0.353 e. The Morgan fingerprint density at radius 3 is 2.75 bits per heavy atom. The fourth-order valence-corrected chi connectivity index (χ4v) is 3.79. The number of carboxylic acids is 1. The molecule has 0 aliphatic carbocycles. The summed E-state index contributed by atoms with van der Waals surface area (Å²) in [5.74, 6) is -0.658. The maximum absolute atomic E-state index is 11.9. The highest BCUT2D eigenvalue weighted by Gasteiger charge is 2.54. The first-order chi connectivity index (χ1) is 9.47. The third kappa shape index (κ3) is 2.54. The summed E-state index contributed by atoms with van der Waals surface area (Å²) in [5, 5.41) is 12.0. The minimum absolute atomic E-state index is 0.0156. The van der Waals surface area contributed by atoms with Gasteiger partial charge in [-0.1, -0.05) is 6.92 Å². The molecule has 0 unspecified atom stereocenters. The Balaban J connectivity index is 2.02.